The second-order valence-corrected chi connectivity index (χ2v) is 5.46. The zero-order valence-electron chi connectivity index (χ0n) is 10.4. The third-order valence-corrected chi connectivity index (χ3v) is 4.76. The van der Waals surface area contributed by atoms with Crippen LogP contribution >= 0.6 is 0 Å². The summed E-state index contributed by atoms with van der Waals surface area (Å²) in [5.41, 5.74) is -0.951. The average Bonchev–Trinajstić information content (AvgIpc) is 2.29. The number of aliphatic hydroxyl groups excluding tert-OH is 1. The molecule has 0 aromatic heterocycles. The molecule has 1 saturated carbocycles. The molecule has 1 fully saturated rings. The lowest BCUT2D eigenvalue weighted by Gasteiger charge is -2.47. The summed E-state index contributed by atoms with van der Waals surface area (Å²) in [6.45, 7) is 6.39. The Balaban J connectivity index is 2.68. The van der Waals surface area contributed by atoms with Crippen LogP contribution in [0.4, 0.5) is 0 Å². The van der Waals surface area contributed by atoms with E-state index >= 15 is 0 Å². The molecule has 1 aliphatic rings. The van der Waals surface area contributed by atoms with Gasteiger partial charge in [0.25, 0.3) is 0 Å². The van der Waals surface area contributed by atoms with E-state index < -0.39 is 5.60 Å². The van der Waals surface area contributed by atoms with Crippen molar-refractivity contribution in [3.8, 4) is 0 Å². The van der Waals surface area contributed by atoms with E-state index in [4.69, 9.17) is 0 Å². The van der Waals surface area contributed by atoms with E-state index in [-0.39, 0.29) is 12.0 Å². The molecular formula is C13H26O2. The standard InChI is InChI=1S/C13H26O2/c1-4-11-6-8-13(15,9-7-11)12(3,5-2)10-14/h11,14-15H,4-10H2,1-3H3. The second kappa shape index (κ2) is 4.84. The summed E-state index contributed by atoms with van der Waals surface area (Å²) >= 11 is 0. The summed E-state index contributed by atoms with van der Waals surface area (Å²) in [6.07, 6.45) is 6.01. The minimum absolute atomic E-state index is 0.0940. The molecule has 1 aliphatic carbocycles. The first-order valence-corrected chi connectivity index (χ1v) is 6.34. The van der Waals surface area contributed by atoms with Crippen LogP contribution < -0.4 is 0 Å². The SMILES string of the molecule is CCC1CCC(O)(C(C)(CC)CO)CC1. The van der Waals surface area contributed by atoms with Crippen molar-refractivity contribution < 1.29 is 10.2 Å². The molecule has 15 heavy (non-hydrogen) atoms. The predicted octanol–water partition coefficient (Wildman–Crippen LogP) is 2.73. The molecule has 0 heterocycles. The molecule has 1 atom stereocenters. The molecule has 0 saturated heterocycles. The minimum atomic E-state index is -0.637. The van der Waals surface area contributed by atoms with Crippen molar-refractivity contribution >= 4 is 0 Å². The Labute approximate surface area is 93.7 Å². The topological polar surface area (TPSA) is 40.5 Å². The van der Waals surface area contributed by atoms with E-state index in [1.54, 1.807) is 0 Å². The molecule has 2 nitrogen and oxygen atoms in total. The highest BCUT2D eigenvalue weighted by Gasteiger charge is 2.46. The van der Waals surface area contributed by atoms with Crippen molar-refractivity contribution in [2.24, 2.45) is 11.3 Å². The first kappa shape index (κ1) is 13.0. The molecule has 2 N–H and O–H groups in total. The van der Waals surface area contributed by atoms with Crippen molar-refractivity contribution in [1.29, 1.82) is 0 Å². The smallest absolute Gasteiger partial charge is 0.0723 e. The van der Waals surface area contributed by atoms with Crippen molar-refractivity contribution in [1.82, 2.24) is 0 Å². The van der Waals surface area contributed by atoms with Gasteiger partial charge in [-0.05, 0) is 38.0 Å². The van der Waals surface area contributed by atoms with E-state index in [1.807, 2.05) is 6.92 Å². The Morgan fingerprint density at radius 3 is 2.13 bits per heavy atom. The fourth-order valence-electron chi connectivity index (χ4n) is 2.75. The van der Waals surface area contributed by atoms with Gasteiger partial charge in [-0.3, -0.25) is 0 Å². The largest absolute Gasteiger partial charge is 0.396 e. The van der Waals surface area contributed by atoms with Crippen molar-refractivity contribution in [2.45, 2.75) is 64.9 Å². The highest BCUT2D eigenvalue weighted by Crippen LogP contribution is 2.46. The van der Waals surface area contributed by atoms with Gasteiger partial charge in [0.15, 0.2) is 0 Å². The lowest BCUT2D eigenvalue weighted by molar-refractivity contribution is -0.130. The molecule has 0 amide bonds. The maximum absolute atomic E-state index is 10.6. The van der Waals surface area contributed by atoms with Crippen molar-refractivity contribution in [3.05, 3.63) is 0 Å². The van der Waals surface area contributed by atoms with Gasteiger partial charge in [0.1, 0.15) is 0 Å². The van der Waals surface area contributed by atoms with E-state index in [9.17, 15) is 10.2 Å². The third kappa shape index (κ3) is 2.36. The zero-order chi connectivity index (χ0) is 11.5. The van der Waals surface area contributed by atoms with Crippen LogP contribution in [0.5, 0.6) is 0 Å². The molecule has 0 bridgehead atoms. The number of aliphatic hydroxyl groups is 2. The highest BCUT2D eigenvalue weighted by molar-refractivity contribution is 4.98. The minimum Gasteiger partial charge on any atom is -0.396 e. The molecule has 1 unspecified atom stereocenters. The van der Waals surface area contributed by atoms with Gasteiger partial charge in [-0.25, -0.2) is 0 Å². The van der Waals surface area contributed by atoms with Crippen LogP contribution in [0.3, 0.4) is 0 Å². The zero-order valence-corrected chi connectivity index (χ0v) is 10.4. The molecule has 1 rings (SSSR count). The quantitative estimate of drug-likeness (QED) is 0.755. The van der Waals surface area contributed by atoms with Gasteiger partial charge < -0.3 is 10.2 Å². The van der Waals surface area contributed by atoms with Crippen LogP contribution in [0.2, 0.25) is 0 Å². The van der Waals surface area contributed by atoms with Gasteiger partial charge in [-0.2, -0.15) is 0 Å². The maximum Gasteiger partial charge on any atom is 0.0723 e. The van der Waals surface area contributed by atoms with Gasteiger partial charge in [0.2, 0.25) is 0 Å². The fraction of sp³-hybridized carbons (Fsp3) is 1.00. The van der Waals surface area contributed by atoms with Crippen molar-refractivity contribution in [3.63, 3.8) is 0 Å². The Hall–Kier alpha value is -0.0800. The first-order valence-electron chi connectivity index (χ1n) is 6.34. The number of rotatable bonds is 4. The molecule has 90 valence electrons. The summed E-state index contributed by atoms with van der Waals surface area (Å²) in [4.78, 5) is 0. The molecule has 0 aromatic rings. The van der Waals surface area contributed by atoms with Gasteiger partial charge in [-0.15, -0.1) is 0 Å². The van der Waals surface area contributed by atoms with Crippen LogP contribution in [-0.2, 0) is 0 Å². The van der Waals surface area contributed by atoms with E-state index in [1.165, 1.54) is 6.42 Å². The monoisotopic (exact) mass is 214 g/mol. The first-order chi connectivity index (χ1) is 7.01. The lowest BCUT2D eigenvalue weighted by Crippen LogP contribution is -2.50. The third-order valence-electron chi connectivity index (χ3n) is 4.76. The van der Waals surface area contributed by atoms with Crippen LogP contribution in [0, 0.1) is 11.3 Å². The molecule has 2 heteroatoms. The fourth-order valence-corrected chi connectivity index (χ4v) is 2.75. The van der Waals surface area contributed by atoms with Crippen LogP contribution in [0.15, 0.2) is 0 Å². The molecule has 0 spiro atoms. The van der Waals surface area contributed by atoms with Gasteiger partial charge >= 0.3 is 0 Å². The number of hydrogen-bond donors (Lipinski definition) is 2. The summed E-state index contributed by atoms with van der Waals surface area (Å²) in [7, 11) is 0. The Kier molecular flexibility index (Phi) is 4.19. The highest BCUT2D eigenvalue weighted by atomic mass is 16.3. The molecular weight excluding hydrogens is 188 g/mol. The maximum atomic E-state index is 10.6. The van der Waals surface area contributed by atoms with E-state index in [0.29, 0.717) is 0 Å². The molecule has 0 aromatic carbocycles. The Morgan fingerprint density at radius 2 is 1.80 bits per heavy atom. The van der Waals surface area contributed by atoms with Gasteiger partial charge in [-0.1, -0.05) is 27.2 Å². The molecule has 0 radical (unpaired) electrons. The van der Waals surface area contributed by atoms with Gasteiger partial charge in [0.05, 0.1) is 12.2 Å². The van der Waals surface area contributed by atoms with Crippen LogP contribution in [0.25, 0.3) is 0 Å². The summed E-state index contributed by atoms with van der Waals surface area (Å²) in [5.74, 6) is 0.782. The van der Waals surface area contributed by atoms with Crippen LogP contribution in [0.1, 0.15) is 59.3 Å². The van der Waals surface area contributed by atoms with Gasteiger partial charge in [0, 0.05) is 5.41 Å². The predicted molar refractivity (Wildman–Crippen MR) is 62.7 cm³/mol. The second-order valence-electron chi connectivity index (χ2n) is 5.46. The van der Waals surface area contributed by atoms with E-state index in [0.717, 1.165) is 38.0 Å². The van der Waals surface area contributed by atoms with E-state index in [2.05, 4.69) is 13.8 Å². The summed E-state index contributed by atoms with van der Waals surface area (Å²) in [6, 6.07) is 0. The normalized spacial score (nSPS) is 36.2. The Bertz CT molecular complexity index is 189. The lowest BCUT2D eigenvalue weighted by atomic mass is 9.63. The summed E-state index contributed by atoms with van der Waals surface area (Å²) in [5, 5.41) is 20.1. The number of hydrogen-bond acceptors (Lipinski definition) is 2. The molecule has 0 aliphatic heterocycles. The summed E-state index contributed by atoms with van der Waals surface area (Å²) < 4.78 is 0. The van der Waals surface area contributed by atoms with Crippen molar-refractivity contribution in [2.75, 3.05) is 6.61 Å². The Morgan fingerprint density at radius 1 is 1.27 bits per heavy atom. The average molecular weight is 214 g/mol. The van der Waals surface area contributed by atoms with Crippen LogP contribution in [-0.4, -0.2) is 22.4 Å².